The zero-order valence-electron chi connectivity index (χ0n) is 15.7. The van der Waals surface area contributed by atoms with Crippen LogP contribution in [0, 0.1) is 35.0 Å². The molecule has 1 aromatic carbocycles. The van der Waals surface area contributed by atoms with Crippen molar-refractivity contribution in [2.24, 2.45) is 23.7 Å². The Morgan fingerprint density at radius 1 is 1.00 bits per heavy atom. The van der Waals surface area contributed by atoms with E-state index in [2.05, 4.69) is 6.07 Å². The fourth-order valence-electron chi connectivity index (χ4n) is 4.69. The summed E-state index contributed by atoms with van der Waals surface area (Å²) in [5.74, 6) is 2.79. The van der Waals surface area contributed by atoms with Crippen LogP contribution in [0.25, 0.3) is 0 Å². The molecule has 2 fully saturated rings. The highest BCUT2D eigenvalue weighted by Crippen LogP contribution is 2.41. The number of esters is 1. The first-order valence-electron chi connectivity index (χ1n) is 9.90. The van der Waals surface area contributed by atoms with Crippen LogP contribution >= 0.6 is 0 Å². The van der Waals surface area contributed by atoms with Gasteiger partial charge in [-0.2, -0.15) is 5.26 Å². The molecule has 1 aromatic rings. The van der Waals surface area contributed by atoms with Crippen LogP contribution in [0.1, 0.15) is 56.9 Å². The minimum absolute atomic E-state index is 0.0201. The standard InChI is InChI=1S/C22H29NO3/c1-25-15-17-2-6-18(7-3-17)19-8-10-20(11-9-19)22(24)26-21-12-4-16(14-23)5-13-21/h4-5,12-13,17-20H,2-3,6-11,15H2,1H3/t17-,18-,19?,20?. The predicted molar refractivity (Wildman–Crippen MR) is 99.6 cm³/mol. The zero-order valence-corrected chi connectivity index (χ0v) is 15.7. The van der Waals surface area contributed by atoms with E-state index in [9.17, 15) is 4.79 Å². The number of nitrogens with zero attached hydrogens (tertiary/aromatic N) is 1. The number of carbonyl (C=O) groups is 1. The van der Waals surface area contributed by atoms with E-state index in [0.29, 0.717) is 11.3 Å². The number of rotatable bonds is 5. The number of ether oxygens (including phenoxy) is 2. The Hall–Kier alpha value is -1.86. The molecule has 0 unspecified atom stereocenters. The molecule has 0 bridgehead atoms. The lowest BCUT2D eigenvalue weighted by molar-refractivity contribution is -0.140. The highest BCUT2D eigenvalue weighted by molar-refractivity contribution is 5.75. The molecule has 0 spiro atoms. The van der Waals surface area contributed by atoms with E-state index < -0.39 is 0 Å². The Balaban J connectivity index is 1.43. The first kappa shape index (κ1) is 18.9. The molecule has 140 valence electrons. The smallest absolute Gasteiger partial charge is 0.314 e. The molecule has 4 heteroatoms. The summed E-state index contributed by atoms with van der Waals surface area (Å²) in [6, 6.07) is 8.82. The maximum atomic E-state index is 12.4. The van der Waals surface area contributed by atoms with Crippen LogP contribution in [0.5, 0.6) is 5.75 Å². The third-order valence-corrected chi connectivity index (χ3v) is 6.27. The SMILES string of the molecule is COC[C@H]1CC[C@H](C2CCC(C(=O)Oc3ccc(C#N)cc3)CC2)CC1. The molecule has 0 atom stereocenters. The van der Waals surface area contributed by atoms with Crippen LogP contribution in [0.3, 0.4) is 0 Å². The number of nitriles is 1. The molecular formula is C22H29NO3. The van der Waals surface area contributed by atoms with E-state index in [4.69, 9.17) is 14.7 Å². The van der Waals surface area contributed by atoms with Crippen LogP contribution in [-0.2, 0) is 9.53 Å². The van der Waals surface area contributed by atoms with Crippen molar-refractivity contribution < 1.29 is 14.3 Å². The van der Waals surface area contributed by atoms with E-state index in [1.165, 1.54) is 25.7 Å². The number of methoxy groups -OCH3 is 1. The molecule has 26 heavy (non-hydrogen) atoms. The van der Waals surface area contributed by atoms with Crippen LogP contribution in [0.15, 0.2) is 24.3 Å². The number of hydrogen-bond donors (Lipinski definition) is 0. The van der Waals surface area contributed by atoms with Crippen LogP contribution in [0.4, 0.5) is 0 Å². The largest absolute Gasteiger partial charge is 0.426 e. The van der Waals surface area contributed by atoms with Gasteiger partial charge in [-0.15, -0.1) is 0 Å². The average molecular weight is 355 g/mol. The van der Waals surface area contributed by atoms with Crippen molar-refractivity contribution in [3.05, 3.63) is 29.8 Å². The van der Waals surface area contributed by atoms with E-state index >= 15 is 0 Å². The molecule has 0 aromatic heterocycles. The molecule has 0 aliphatic heterocycles. The van der Waals surface area contributed by atoms with Crippen molar-refractivity contribution in [2.75, 3.05) is 13.7 Å². The van der Waals surface area contributed by atoms with Gasteiger partial charge >= 0.3 is 5.97 Å². The minimum atomic E-state index is -0.114. The summed E-state index contributed by atoms with van der Waals surface area (Å²) >= 11 is 0. The van der Waals surface area contributed by atoms with Gasteiger partial charge < -0.3 is 9.47 Å². The first-order valence-corrected chi connectivity index (χ1v) is 9.90. The second kappa shape index (κ2) is 9.19. The molecule has 0 amide bonds. The summed E-state index contributed by atoms with van der Waals surface area (Å²) in [6.45, 7) is 0.903. The molecule has 3 rings (SSSR count). The Kier molecular flexibility index (Phi) is 6.68. The fourth-order valence-corrected chi connectivity index (χ4v) is 4.69. The molecule has 0 heterocycles. The van der Waals surface area contributed by atoms with Crippen LogP contribution in [-0.4, -0.2) is 19.7 Å². The Labute approximate surface area is 156 Å². The van der Waals surface area contributed by atoms with E-state index in [-0.39, 0.29) is 11.9 Å². The lowest BCUT2D eigenvalue weighted by Crippen LogP contribution is -2.30. The van der Waals surface area contributed by atoms with Crippen LogP contribution < -0.4 is 4.74 Å². The van der Waals surface area contributed by atoms with Crippen molar-refractivity contribution >= 4 is 5.97 Å². The summed E-state index contributed by atoms with van der Waals surface area (Å²) in [4.78, 5) is 12.4. The third kappa shape index (κ3) is 4.86. The summed E-state index contributed by atoms with van der Waals surface area (Å²) < 4.78 is 10.8. The van der Waals surface area contributed by atoms with Gasteiger partial charge in [0.25, 0.3) is 0 Å². The normalized spacial score (nSPS) is 28.9. The lowest BCUT2D eigenvalue weighted by atomic mass is 9.69. The molecule has 2 aliphatic carbocycles. The van der Waals surface area contributed by atoms with E-state index in [0.717, 1.165) is 50.0 Å². The van der Waals surface area contributed by atoms with E-state index in [1.807, 2.05) is 0 Å². The average Bonchev–Trinajstić information content (AvgIpc) is 2.69. The van der Waals surface area contributed by atoms with Crippen molar-refractivity contribution in [2.45, 2.75) is 51.4 Å². The maximum absolute atomic E-state index is 12.4. The molecule has 0 N–H and O–H groups in total. The first-order chi connectivity index (χ1) is 12.7. The van der Waals surface area contributed by atoms with Gasteiger partial charge in [-0.25, -0.2) is 0 Å². The van der Waals surface area contributed by atoms with Gasteiger partial charge in [0.05, 0.1) is 17.6 Å². The molecule has 4 nitrogen and oxygen atoms in total. The Morgan fingerprint density at radius 2 is 1.58 bits per heavy atom. The number of carbonyl (C=O) groups excluding carboxylic acids is 1. The number of benzene rings is 1. The van der Waals surface area contributed by atoms with Gasteiger partial charge in [-0.3, -0.25) is 4.79 Å². The monoisotopic (exact) mass is 355 g/mol. The summed E-state index contributed by atoms with van der Waals surface area (Å²) in [6.07, 6.45) is 9.39. The van der Waals surface area contributed by atoms with Gasteiger partial charge in [0.1, 0.15) is 5.75 Å². The fraction of sp³-hybridized carbons (Fsp3) is 0.636. The third-order valence-electron chi connectivity index (χ3n) is 6.27. The highest BCUT2D eigenvalue weighted by atomic mass is 16.5. The molecular weight excluding hydrogens is 326 g/mol. The van der Waals surface area contributed by atoms with E-state index in [1.54, 1.807) is 31.4 Å². The van der Waals surface area contributed by atoms with Gasteiger partial charge in [-0.05, 0) is 93.4 Å². The molecule has 0 radical (unpaired) electrons. The Bertz CT molecular complexity index is 618. The van der Waals surface area contributed by atoms with Crippen LogP contribution in [0.2, 0.25) is 0 Å². The number of hydrogen-bond acceptors (Lipinski definition) is 4. The van der Waals surface area contributed by atoms with Gasteiger partial charge in [0.2, 0.25) is 0 Å². The summed E-state index contributed by atoms with van der Waals surface area (Å²) in [5, 5.41) is 8.82. The second-order valence-electron chi connectivity index (χ2n) is 7.91. The minimum Gasteiger partial charge on any atom is -0.426 e. The molecule has 2 saturated carbocycles. The van der Waals surface area contributed by atoms with Gasteiger partial charge in [-0.1, -0.05) is 0 Å². The quantitative estimate of drug-likeness (QED) is 0.566. The van der Waals surface area contributed by atoms with Crippen molar-refractivity contribution in [1.82, 2.24) is 0 Å². The highest BCUT2D eigenvalue weighted by Gasteiger charge is 2.33. The second-order valence-corrected chi connectivity index (χ2v) is 7.91. The summed E-state index contributed by atoms with van der Waals surface area (Å²) in [7, 11) is 1.80. The maximum Gasteiger partial charge on any atom is 0.314 e. The predicted octanol–water partition coefficient (Wildman–Crippen LogP) is 4.72. The van der Waals surface area contributed by atoms with Crippen molar-refractivity contribution in [1.29, 1.82) is 5.26 Å². The van der Waals surface area contributed by atoms with Gasteiger partial charge in [0, 0.05) is 13.7 Å². The lowest BCUT2D eigenvalue weighted by Gasteiger charge is -2.37. The molecule has 2 aliphatic rings. The van der Waals surface area contributed by atoms with Crippen molar-refractivity contribution in [3.8, 4) is 11.8 Å². The van der Waals surface area contributed by atoms with Crippen molar-refractivity contribution in [3.63, 3.8) is 0 Å². The summed E-state index contributed by atoms with van der Waals surface area (Å²) in [5.41, 5.74) is 0.575. The zero-order chi connectivity index (χ0) is 18.4. The van der Waals surface area contributed by atoms with Gasteiger partial charge in [0.15, 0.2) is 0 Å². The Morgan fingerprint density at radius 3 is 2.12 bits per heavy atom. The topological polar surface area (TPSA) is 59.3 Å². The molecule has 0 saturated heterocycles.